The summed E-state index contributed by atoms with van der Waals surface area (Å²) in [7, 11) is 2.22. The zero-order chi connectivity index (χ0) is 13.0. The van der Waals surface area contributed by atoms with Gasteiger partial charge in [-0.3, -0.25) is 4.90 Å². The summed E-state index contributed by atoms with van der Waals surface area (Å²) < 4.78 is 0. The van der Waals surface area contributed by atoms with Crippen LogP contribution in [0.4, 0.5) is 0 Å². The molecule has 0 aromatic carbocycles. The Labute approximate surface area is 112 Å². The van der Waals surface area contributed by atoms with Crippen molar-refractivity contribution >= 4 is 0 Å². The van der Waals surface area contributed by atoms with Gasteiger partial charge in [0, 0.05) is 38.3 Å². The maximum Gasteiger partial charge on any atom is 0.0357 e. The first-order valence-corrected chi connectivity index (χ1v) is 7.56. The van der Waals surface area contributed by atoms with E-state index in [2.05, 4.69) is 28.7 Å². The lowest BCUT2D eigenvalue weighted by Crippen LogP contribution is -2.63. The maximum atomic E-state index is 6.15. The molecule has 0 aromatic rings. The van der Waals surface area contributed by atoms with Crippen LogP contribution in [0.1, 0.15) is 26.2 Å². The summed E-state index contributed by atoms with van der Waals surface area (Å²) in [5.41, 5.74) is 6.45. The van der Waals surface area contributed by atoms with Crippen molar-refractivity contribution in [3.8, 4) is 0 Å². The minimum Gasteiger partial charge on any atom is -0.329 e. The fraction of sp³-hybridized carbons (Fsp3) is 1.00. The molecule has 4 nitrogen and oxygen atoms in total. The SMILES string of the molecule is CCCN1CCC(CN)(N2CCN(C)CC2)CC1. The van der Waals surface area contributed by atoms with E-state index < -0.39 is 0 Å². The van der Waals surface area contributed by atoms with Crippen molar-refractivity contribution in [1.29, 1.82) is 0 Å². The molecule has 2 N–H and O–H groups in total. The lowest BCUT2D eigenvalue weighted by molar-refractivity contribution is -0.000856. The second kappa shape index (κ2) is 6.33. The summed E-state index contributed by atoms with van der Waals surface area (Å²) >= 11 is 0. The van der Waals surface area contributed by atoms with Crippen LogP contribution in [0, 0.1) is 0 Å². The first-order chi connectivity index (χ1) is 8.70. The predicted octanol–water partition coefficient (Wildman–Crippen LogP) is 0.437. The molecule has 2 saturated heterocycles. The van der Waals surface area contributed by atoms with Gasteiger partial charge in [-0.25, -0.2) is 0 Å². The van der Waals surface area contributed by atoms with Gasteiger partial charge < -0.3 is 15.5 Å². The molecule has 2 heterocycles. The average molecular weight is 254 g/mol. The summed E-state index contributed by atoms with van der Waals surface area (Å²) in [5, 5.41) is 0. The Morgan fingerprint density at radius 1 is 1.00 bits per heavy atom. The molecule has 2 aliphatic rings. The van der Waals surface area contributed by atoms with Crippen LogP contribution >= 0.6 is 0 Å². The van der Waals surface area contributed by atoms with Gasteiger partial charge in [-0.15, -0.1) is 0 Å². The van der Waals surface area contributed by atoms with Gasteiger partial charge in [0.15, 0.2) is 0 Å². The molecule has 0 bridgehead atoms. The molecule has 0 aromatic heterocycles. The Morgan fingerprint density at radius 3 is 2.11 bits per heavy atom. The van der Waals surface area contributed by atoms with Crippen molar-refractivity contribution in [2.24, 2.45) is 5.73 Å². The zero-order valence-electron chi connectivity index (χ0n) is 12.2. The predicted molar refractivity (Wildman–Crippen MR) is 76.8 cm³/mol. The molecular weight excluding hydrogens is 224 g/mol. The number of rotatable bonds is 4. The van der Waals surface area contributed by atoms with Crippen LogP contribution < -0.4 is 5.73 Å². The summed E-state index contributed by atoms with van der Waals surface area (Å²) in [6.45, 7) is 11.6. The molecule has 18 heavy (non-hydrogen) atoms. The molecule has 0 saturated carbocycles. The van der Waals surface area contributed by atoms with Gasteiger partial charge in [-0.1, -0.05) is 6.92 Å². The normalized spacial score (nSPS) is 27.5. The van der Waals surface area contributed by atoms with E-state index in [1.54, 1.807) is 0 Å². The lowest BCUT2D eigenvalue weighted by atomic mass is 9.85. The topological polar surface area (TPSA) is 35.7 Å². The summed E-state index contributed by atoms with van der Waals surface area (Å²) in [5.74, 6) is 0. The molecule has 2 fully saturated rings. The van der Waals surface area contributed by atoms with Crippen LogP contribution in [0.25, 0.3) is 0 Å². The number of hydrogen-bond acceptors (Lipinski definition) is 4. The number of hydrogen-bond donors (Lipinski definition) is 1. The highest BCUT2D eigenvalue weighted by Crippen LogP contribution is 2.29. The maximum absolute atomic E-state index is 6.15. The van der Waals surface area contributed by atoms with Crippen molar-refractivity contribution in [2.75, 3.05) is 59.4 Å². The van der Waals surface area contributed by atoms with Gasteiger partial charge in [-0.05, 0) is 45.9 Å². The monoisotopic (exact) mass is 254 g/mol. The minimum absolute atomic E-state index is 0.297. The van der Waals surface area contributed by atoms with Gasteiger partial charge in [-0.2, -0.15) is 0 Å². The molecule has 0 atom stereocenters. The van der Waals surface area contributed by atoms with E-state index in [1.165, 1.54) is 65.1 Å². The molecule has 2 rings (SSSR count). The molecule has 2 aliphatic heterocycles. The van der Waals surface area contributed by atoms with Gasteiger partial charge in [0.25, 0.3) is 0 Å². The number of piperazine rings is 1. The second-order valence-corrected chi connectivity index (χ2v) is 6.06. The van der Waals surface area contributed by atoms with Crippen LogP contribution in [0.15, 0.2) is 0 Å². The Bertz CT molecular complexity index is 240. The van der Waals surface area contributed by atoms with E-state index in [4.69, 9.17) is 5.73 Å². The lowest BCUT2D eigenvalue weighted by Gasteiger charge is -2.50. The number of piperidine rings is 1. The molecule has 106 valence electrons. The van der Waals surface area contributed by atoms with Crippen molar-refractivity contribution < 1.29 is 0 Å². The first-order valence-electron chi connectivity index (χ1n) is 7.56. The van der Waals surface area contributed by atoms with Crippen LogP contribution in [-0.4, -0.2) is 79.6 Å². The Morgan fingerprint density at radius 2 is 1.61 bits per heavy atom. The summed E-state index contributed by atoms with van der Waals surface area (Å²) in [6, 6.07) is 0. The van der Waals surface area contributed by atoms with Crippen molar-refractivity contribution in [3.05, 3.63) is 0 Å². The molecule has 0 spiro atoms. The Hall–Kier alpha value is -0.160. The molecule has 0 unspecified atom stereocenters. The third-order valence-electron chi connectivity index (χ3n) is 4.88. The third-order valence-corrected chi connectivity index (χ3v) is 4.88. The van der Waals surface area contributed by atoms with E-state index >= 15 is 0 Å². The fourth-order valence-corrected chi connectivity index (χ4v) is 3.44. The average Bonchev–Trinajstić information content (AvgIpc) is 2.41. The fourth-order valence-electron chi connectivity index (χ4n) is 3.44. The van der Waals surface area contributed by atoms with Crippen molar-refractivity contribution in [2.45, 2.75) is 31.7 Å². The highest BCUT2D eigenvalue weighted by molar-refractivity contribution is 4.97. The minimum atomic E-state index is 0.297. The van der Waals surface area contributed by atoms with Gasteiger partial charge in [0.1, 0.15) is 0 Å². The van der Waals surface area contributed by atoms with E-state index in [9.17, 15) is 0 Å². The van der Waals surface area contributed by atoms with Gasteiger partial charge >= 0.3 is 0 Å². The smallest absolute Gasteiger partial charge is 0.0357 e. The number of nitrogens with zero attached hydrogens (tertiary/aromatic N) is 3. The van der Waals surface area contributed by atoms with Crippen LogP contribution in [-0.2, 0) is 0 Å². The van der Waals surface area contributed by atoms with E-state index in [-0.39, 0.29) is 0 Å². The number of likely N-dealkylation sites (tertiary alicyclic amines) is 1. The van der Waals surface area contributed by atoms with Gasteiger partial charge in [0.2, 0.25) is 0 Å². The second-order valence-electron chi connectivity index (χ2n) is 6.06. The molecule has 0 aliphatic carbocycles. The molecule has 0 amide bonds. The van der Waals surface area contributed by atoms with Gasteiger partial charge in [0.05, 0.1) is 0 Å². The number of nitrogens with two attached hydrogens (primary N) is 1. The van der Waals surface area contributed by atoms with E-state index in [1.807, 2.05) is 0 Å². The van der Waals surface area contributed by atoms with Crippen LogP contribution in [0.3, 0.4) is 0 Å². The van der Waals surface area contributed by atoms with Crippen LogP contribution in [0.5, 0.6) is 0 Å². The summed E-state index contributed by atoms with van der Waals surface area (Å²) in [4.78, 5) is 7.70. The highest BCUT2D eigenvalue weighted by atomic mass is 15.3. The van der Waals surface area contributed by atoms with Crippen molar-refractivity contribution in [1.82, 2.24) is 14.7 Å². The highest BCUT2D eigenvalue weighted by Gasteiger charge is 2.39. The largest absolute Gasteiger partial charge is 0.329 e. The third kappa shape index (κ3) is 3.05. The van der Waals surface area contributed by atoms with E-state index in [0.717, 1.165) is 6.54 Å². The first kappa shape index (κ1) is 14.3. The van der Waals surface area contributed by atoms with Crippen molar-refractivity contribution in [3.63, 3.8) is 0 Å². The number of likely N-dealkylation sites (N-methyl/N-ethyl adjacent to an activating group) is 1. The standard InChI is InChI=1S/C14H30N4/c1-3-6-17-7-4-14(13-15,5-8-17)18-11-9-16(2)10-12-18/h3-13,15H2,1-2H3. The molecule has 0 radical (unpaired) electrons. The van der Waals surface area contributed by atoms with Crippen LogP contribution in [0.2, 0.25) is 0 Å². The quantitative estimate of drug-likeness (QED) is 0.789. The Balaban J connectivity index is 1.91. The molecular formula is C14H30N4. The van der Waals surface area contributed by atoms with E-state index in [0.29, 0.717) is 5.54 Å². The summed E-state index contributed by atoms with van der Waals surface area (Å²) in [6.07, 6.45) is 3.78. The molecule has 4 heteroatoms. The zero-order valence-corrected chi connectivity index (χ0v) is 12.2. The Kier molecular flexibility index (Phi) is 5.01.